The summed E-state index contributed by atoms with van der Waals surface area (Å²) < 4.78 is 0. The van der Waals surface area contributed by atoms with E-state index in [4.69, 9.17) is 0 Å². The lowest BCUT2D eigenvalue weighted by molar-refractivity contribution is 1.13. The van der Waals surface area contributed by atoms with Crippen molar-refractivity contribution < 1.29 is 0 Å². The van der Waals surface area contributed by atoms with Gasteiger partial charge >= 0.3 is 0 Å². The lowest BCUT2D eigenvalue weighted by atomic mass is 10.1. The molecule has 1 aromatic carbocycles. The van der Waals surface area contributed by atoms with E-state index in [2.05, 4.69) is 42.3 Å². The average Bonchev–Trinajstić information content (AvgIpc) is 2.58. The second kappa shape index (κ2) is 6.65. The maximum atomic E-state index is 3.87. The monoisotopic (exact) mass is 239 g/mol. The number of hydrogen-bond acceptors (Lipinski definition) is 1. The van der Waals surface area contributed by atoms with E-state index in [-0.39, 0.29) is 0 Å². The molecule has 94 valence electrons. The fourth-order valence-corrected chi connectivity index (χ4v) is 1.95. The summed E-state index contributed by atoms with van der Waals surface area (Å²) in [5, 5.41) is 0. The molecule has 0 bridgehead atoms. The van der Waals surface area contributed by atoms with Gasteiger partial charge in [-0.1, -0.05) is 63.4 Å². The number of likely N-dealkylation sites (N-methyl/N-ethyl adjacent to an activating group) is 1. The first kappa shape index (κ1) is 14.0. The van der Waals surface area contributed by atoms with Crippen LogP contribution in [0.5, 0.6) is 0 Å². The SMILES string of the molecule is C=CC1=C(C=C)N(C)c2ccccc2C=C1.CC. The molecular weight excluding hydrogens is 218 g/mol. The Balaban J connectivity index is 0.000000771. The molecular formula is C17H21N. The first-order chi connectivity index (χ1) is 8.77. The molecule has 0 saturated heterocycles. The third-order valence-corrected chi connectivity index (χ3v) is 2.81. The zero-order valence-corrected chi connectivity index (χ0v) is 11.5. The Labute approximate surface area is 110 Å². The largest absolute Gasteiger partial charge is 0.344 e. The van der Waals surface area contributed by atoms with Crippen molar-refractivity contribution in [1.82, 2.24) is 0 Å². The molecule has 1 heterocycles. The number of rotatable bonds is 2. The molecule has 0 N–H and O–H groups in total. The summed E-state index contributed by atoms with van der Waals surface area (Å²) in [6.45, 7) is 11.7. The van der Waals surface area contributed by atoms with Gasteiger partial charge in [0.05, 0.1) is 0 Å². The van der Waals surface area contributed by atoms with Crippen molar-refractivity contribution in [3.63, 3.8) is 0 Å². The van der Waals surface area contributed by atoms with Crippen LogP contribution in [0.1, 0.15) is 19.4 Å². The predicted octanol–water partition coefficient (Wildman–Crippen LogP) is 4.80. The van der Waals surface area contributed by atoms with Crippen LogP contribution in [0.2, 0.25) is 0 Å². The van der Waals surface area contributed by atoms with E-state index >= 15 is 0 Å². The summed E-state index contributed by atoms with van der Waals surface area (Å²) in [7, 11) is 2.05. The highest BCUT2D eigenvalue weighted by atomic mass is 15.1. The molecule has 18 heavy (non-hydrogen) atoms. The number of para-hydroxylation sites is 1. The van der Waals surface area contributed by atoms with E-state index < -0.39 is 0 Å². The van der Waals surface area contributed by atoms with Crippen LogP contribution in [0.3, 0.4) is 0 Å². The minimum absolute atomic E-state index is 1.08. The van der Waals surface area contributed by atoms with E-state index in [9.17, 15) is 0 Å². The smallest absolute Gasteiger partial charge is 0.0481 e. The second-order valence-electron chi connectivity index (χ2n) is 3.70. The van der Waals surface area contributed by atoms with Crippen LogP contribution in [0.25, 0.3) is 6.08 Å². The van der Waals surface area contributed by atoms with Gasteiger partial charge in [0.15, 0.2) is 0 Å². The van der Waals surface area contributed by atoms with E-state index in [0.29, 0.717) is 0 Å². The molecule has 0 saturated carbocycles. The van der Waals surface area contributed by atoms with Crippen LogP contribution < -0.4 is 4.90 Å². The van der Waals surface area contributed by atoms with Gasteiger partial charge < -0.3 is 4.90 Å². The van der Waals surface area contributed by atoms with Gasteiger partial charge in [0, 0.05) is 18.4 Å². The molecule has 0 fully saturated rings. The summed E-state index contributed by atoms with van der Waals surface area (Å²) in [4.78, 5) is 2.14. The van der Waals surface area contributed by atoms with Gasteiger partial charge in [-0.15, -0.1) is 0 Å². The zero-order chi connectivity index (χ0) is 13.5. The van der Waals surface area contributed by atoms with Crippen molar-refractivity contribution in [3.05, 3.63) is 72.5 Å². The highest BCUT2D eigenvalue weighted by molar-refractivity contribution is 5.75. The summed E-state index contributed by atoms with van der Waals surface area (Å²) >= 11 is 0. The number of anilines is 1. The van der Waals surface area contributed by atoms with Crippen molar-refractivity contribution in [2.24, 2.45) is 0 Å². The van der Waals surface area contributed by atoms with Crippen LogP contribution in [-0.2, 0) is 0 Å². The quantitative estimate of drug-likeness (QED) is 0.716. The number of benzene rings is 1. The number of hydrogen-bond donors (Lipinski definition) is 0. The molecule has 1 aromatic rings. The normalized spacial score (nSPS) is 13.2. The van der Waals surface area contributed by atoms with Crippen LogP contribution in [-0.4, -0.2) is 7.05 Å². The molecule has 0 atom stereocenters. The fourth-order valence-electron chi connectivity index (χ4n) is 1.95. The van der Waals surface area contributed by atoms with Gasteiger partial charge in [-0.2, -0.15) is 0 Å². The van der Waals surface area contributed by atoms with Crippen LogP contribution in [0.4, 0.5) is 5.69 Å². The average molecular weight is 239 g/mol. The Morgan fingerprint density at radius 1 is 1.00 bits per heavy atom. The zero-order valence-electron chi connectivity index (χ0n) is 11.5. The standard InChI is InChI=1S/C15H15N.C2H6/c1-4-12-10-11-13-8-6-7-9-15(13)16(3)14(12)5-2;1-2/h4-11H,1-2H2,3H3;1-2H3. The van der Waals surface area contributed by atoms with Gasteiger partial charge in [0.1, 0.15) is 0 Å². The van der Waals surface area contributed by atoms with Crippen molar-refractivity contribution in [2.45, 2.75) is 13.8 Å². The molecule has 1 aliphatic rings. The van der Waals surface area contributed by atoms with Gasteiger partial charge in [0.2, 0.25) is 0 Å². The topological polar surface area (TPSA) is 3.24 Å². The van der Waals surface area contributed by atoms with E-state index in [1.807, 2.05) is 45.2 Å². The van der Waals surface area contributed by atoms with Crippen LogP contribution in [0, 0.1) is 0 Å². The lowest BCUT2D eigenvalue weighted by Gasteiger charge is -2.22. The Morgan fingerprint density at radius 3 is 2.28 bits per heavy atom. The second-order valence-corrected chi connectivity index (χ2v) is 3.70. The predicted molar refractivity (Wildman–Crippen MR) is 82.6 cm³/mol. The highest BCUT2D eigenvalue weighted by Crippen LogP contribution is 2.29. The Hall–Kier alpha value is -2.02. The minimum atomic E-state index is 1.08. The van der Waals surface area contributed by atoms with Crippen molar-refractivity contribution in [2.75, 3.05) is 11.9 Å². The maximum Gasteiger partial charge on any atom is 0.0481 e. The molecule has 1 heteroatoms. The van der Waals surface area contributed by atoms with Gasteiger partial charge in [-0.3, -0.25) is 0 Å². The Morgan fingerprint density at radius 2 is 1.67 bits per heavy atom. The molecule has 1 aliphatic heterocycles. The number of nitrogens with zero attached hydrogens (tertiary/aromatic N) is 1. The molecule has 0 amide bonds. The summed E-state index contributed by atoms with van der Waals surface area (Å²) in [5.74, 6) is 0. The molecule has 1 nitrogen and oxygen atoms in total. The third kappa shape index (κ3) is 2.62. The lowest BCUT2D eigenvalue weighted by Crippen LogP contribution is -2.16. The van der Waals surface area contributed by atoms with Crippen molar-refractivity contribution in [3.8, 4) is 0 Å². The van der Waals surface area contributed by atoms with E-state index in [1.165, 1.54) is 11.3 Å². The van der Waals surface area contributed by atoms with Gasteiger partial charge in [0.25, 0.3) is 0 Å². The molecule has 0 aromatic heterocycles. The van der Waals surface area contributed by atoms with Gasteiger partial charge in [-0.05, 0) is 23.3 Å². The van der Waals surface area contributed by atoms with Crippen LogP contribution >= 0.6 is 0 Å². The molecule has 0 spiro atoms. The molecule has 0 radical (unpaired) electrons. The van der Waals surface area contributed by atoms with E-state index in [1.54, 1.807) is 0 Å². The van der Waals surface area contributed by atoms with Gasteiger partial charge in [-0.25, -0.2) is 0 Å². The third-order valence-electron chi connectivity index (χ3n) is 2.81. The van der Waals surface area contributed by atoms with Crippen LogP contribution in [0.15, 0.2) is 66.9 Å². The summed E-state index contributed by atoms with van der Waals surface area (Å²) in [5.41, 5.74) is 4.57. The molecule has 2 rings (SSSR count). The Bertz CT molecular complexity index is 492. The number of fused-ring (bicyclic) bond motifs is 1. The van der Waals surface area contributed by atoms with Crippen molar-refractivity contribution >= 4 is 11.8 Å². The minimum Gasteiger partial charge on any atom is -0.344 e. The fraction of sp³-hybridized carbons (Fsp3) is 0.176. The van der Waals surface area contributed by atoms with E-state index in [0.717, 1.165) is 11.3 Å². The summed E-state index contributed by atoms with van der Waals surface area (Å²) in [6.07, 6.45) is 7.91. The number of allylic oxidation sites excluding steroid dienone is 4. The highest BCUT2D eigenvalue weighted by Gasteiger charge is 2.12. The molecule has 0 unspecified atom stereocenters. The first-order valence-corrected chi connectivity index (χ1v) is 6.28. The van der Waals surface area contributed by atoms with Crippen molar-refractivity contribution in [1.29, 1.82) is 0 Å². The Kier molecular flexibility index (Phi) is 5.19. The first-order valence-electron chi connectivity index (χ1n) is 6.28. The summed E-state index contributed by atoms with van der Waals surface area (Å²) in [6, 6.07) is 8.30. The molecule has 0 aliphatic carbocycles. The maximum absolute atomic E-state index is 3.87.